The highest BCUT2D eigenvalue weighted by Crippen LogP contribution is 1.95. The second kappa shape index (κ2) is 14.9. The highest BCUT2D eigenvalue weighted by Gasteiger charge is 2.03. The zero-order valence-corrected chi connectivity index (χ0v) is 14.8. The summed E-state index contributed by atoms with van der Waals surface area (Å²) >= 11 is 0. The van der Waals surface area contributed by atoms with E-state index in [0.29, 0.717) is 50.8 Å². The predicted octanol–water partition coefficient (Wildman–Crippen LogP) is 1.66. The first-order valence-electron chi connectivity index (χ1n) is 7.85. The smallest absolute Gasteiger partial charge is 0.333 e. The first-order chi connectivity index (χ1) is 11.5. The fourth-order valence-electron chi connectivity index (χ4n) is 1.28. The third-order valence-corrected chi connectivity index (χ3v) is 2.77. The Morgan fingerprint density at radius 3 is 1.50 bits per heavy atom. The summed E-state index contributed by atoms with van der Waals surface area (Å²) in [6, 6.07) is 0. The number of rotatable bonds is 14. The van der Waals surface area contributed by atoms with Crippen molar-refractivity contribution in [3.8, 4) is 0 Å². The molecule has 0 aliphatic rings. The number of hydrogen-bond donors (Lipinski definition) is 0. The Hall–Kier alpha value is -1.70. The van der Waals surface area contributed by atoms with Gasteiger partial charge in [0.05, 0.1) is 39.6 Å². The summed E-state index contributed by atoms with van der Waals surface area (Å²) in [5.74, 6) is -0.748. The predicted molar refractivity (Wildman–Crippen MR) is 88.6 cm³/mol. The third kappa shape index (κ3) is 12.8. The maximum absolute atomic E-state index is 11.3. The molecule has 0 saturated carbocycles. The van der Waals surface area contributed by atoms with Crippen LogP contribution in [0.1, 0.15) is 20.8 Å². The molecule has 0 spiro atoms. The molecule has 138 valence electrons. The molecular weight excluding hydrogens is 316 g/mol. The Labute approximate surface area is 143 Å². The summed E-state index contributed by atoms with van der Waals surface area (Å²) in [5, 5.41) is 0. The fraction of sp³-hybridized carbons (Fsp3) is 0.647. The van der Waals surface area contributed by atoms with Crippen molar-refractivity contribution in [2.45, 2.75) is 20.8 Å². The lowest BCUT2D eigenvalue weighted by molar-refractivity contribution is -0.141. The average Bonchev–Trinajstić information content (AvgIpc) is 2.57. The van der Waals surface area contributed by atoms with Crippen LogP contribution < -0.4 is 0 Å². The quantitative estimate of drug-likeness (QED) is 0.269. The molecule has 0 aliphatic carbocycles. The van der Waals surface area contributed by atoms with E-state index in [0.717, 1.165) is 0 Å². The molecule has 0 radical (unpaired) electrons. The molecule has 0 atom stereocenters. The first kappa shape index (κ1) is 22.3. The van der Waals surface area contributed by atoms with E-state index in [4.69, 9.17) is 23.7 Å². The van der Waals surface area contributed by atoms with Gasteiger partial charge in [0.1, 0.15) is 13.2 Å². The molecule has 0 heterocycles. The molecule has 0 saturated heterocycles. The van der Waals surface area contributed by atoms with Crippen LogP contribution in [0, 0.1) is 0 Å². The molecule has 0 unspecified atom stereocenters. The van der Waals surface area contributed by atoms with Crippen molar-refractivity contribution in [1.82, 2.24) is 0 Å². The Bertz CT molecular complexity index is 415. The van der Waals surface area contributed by atoms with Gasteiger partial charge in [-0.1, -0.05) is 12.7 Å². The minimum Gasteiger partial charge on any atom is -0.460 e. The zero-order chi connectivity index (χ0) is 18.2. The van der Waals surface area contributed by atoms with E-state index >= 15 is 0 Å². The largest absolute Gasteiger partial charge is 0.460 e. The Morgan fingerprint density at radius 1 is 0.750 bits per heavy atom. The van der Waals surface area contributed by atoms with Gasteiger partial charge < -0.3 is 23.7 Å². The molecule has 0 aromatic heterocycles. The van der Waals surface area contributed by atoms with Crippen LogP contribution in [-0.4, -0.2) is 64.8 Å². The van der Waals surface area contributed by atoms with Crippen LogP contribution in [0.4, 0.5) is 0 Å². The van der Waals surface area contributed by atoms with Crippen molar-refractivity contribution in [2.24, 2.45) is 0 Å². The van der Waals surface area contributed by atoms with Crippen LogP contribution >= 0.6 is 0 Å². The van der Waals surface area contributed by atoms with E-state index in [9.17, 15) is 9.59 Å². The van der Waals surface area contributed by atoms with E-state index in [2.05, 4.69) is 6.58 Å². The highest BCUT2D eigenvalue weighted by atomic mass is 16.6. The second-order valence-corrected chi connectivity index (χ2v) is 4.86. The molecule has 7 heteroatoms. The standard InChI is InChI=1S/C17H28O7/c1-5-15(4)17(19)24-13-11-22-9-7-20-6-8-21-10-12-23-16(18)14(2)3/h5H,2,6-13H2,1,3-4H3. The van der Waals surface area contributed by atoms with Crippen LogP contribution in [0.15, 0.2) is 23.8 Å². The molecular formula is C17H28O7. The number of carbonyl (C=O) groups is 2. The van der Waals surface area contributed by atoms with Crippen molar-refractivity contribution in [2.75, 3.05) is 52.9 Å². The van der Waals surface area contributed by atoms with Crippen LogP contribution in [0.5, 0.6) is 0 Å². The monoisotopic (exact) mass is 344 g/mol. The van der Waals surface area contributed by atoms with Gasteiger partial charge in [-0.15, -0.1) is 0 Å². The van der Waals surface area contributed by atoms with E-state index in [1.807, 2.05) is 0 Å². The lowest BCUT2D eigenvalue weighted by Crippen LogP contribution is -2.15. The second-order valence-electron chi connectivity index (χ2n) is 4.86. The zero-order valence-electron chi connectivity index (χ0n) is 14.8. The molecule has 0 amide bonds. The third-order valence-electron chi connectivity index (χ3n) is 2.77. The topological polar surface area (TPSA) is 80.3 Å². The molecule has 0 N–H and O–H groups in total. The maximum Gasteiger partial charge on any atom is 0.333 e. The van der Waals surface area contributed by atoms with E-state index < -0.39 is 5.97 Å². The number of esters is 2. The van der Waals surface area contributed by atoms with Gasteiger partial charge in [0.25, 0.3) is 0 Å². The van der Waals surface area contributed by atoms with E-state index in [1.165, 1.54) is 0 Å². The first-order valence-corrected chi connectivity index (χ1v) is 7.85. The molecule has 0 bridgehead atoms. The van der Waals surface area contributed by atoms with Gasteiger partial charge in [0.2, 0.25) is 0 Å². The Morgan fingerprint density at radius 2 is 1.12 bits per heavy atom. The number of carbonyl (C=O) groups excluding carboxylic acids is 2. The van der Waals surface area contributed by atoms with Crippen LogP contribution in [0.2, 0.25) is 0 Å². The number of ether oxygens (including phenoxy) is 5. The molecule has 0 fully saturated rings. The maximum atomic E-state index is 11.3. The van der Waals surface area contributed by atoms with Crippen molar-refractivity contribution in [1.29, 1.82) is 0 Å². The lowest BCUT2D eigenvalue weighted by atomic mass is 10.3. The van der Waals surface area contributed by atoms with Crippen molar-refractivity contribution in [3.05, 3.63) is 23.8 Å². The summed E-state index contributed by atoms with van der Waals surface area (Å²) in [4.78, 5) is 22.4. The van der Waals surface area contributed by atoms with Gasteiger partial charge in [-0.2, -0.15) is 0 Å². The van der Waals surface area contributed by atoms with Gasteiger partial charge >= 0.3 is 11.9 Å². The SMILES string of the molecule is C=C(C)C(=O)OCCOCCOCCOCCOC(=O)C(C)=CC. The van der Waals surface area contributed by atoms with Crippen molar-refractivity contribution in [3.63, 3.8) is 0 Å². The Balaban J connectivity index is 3.25. The average molecular weight is 344 g/mol. The number of hydrogen-bond acceptors (Lipinski definition) is 7. The normalized spacial score (nSPS) is 11.2. The molecule has 24 heavy (non-hydrogen) atoms. The van der Waals surface area contributed by atoms with Gasteiger partial charge in [0, 0.05) is 11.1 Å². The summed E-state index contributed by atoms with van der Waals surface area (Å²) in [6.07, 6.45) is 1.70. The molecule has 0 aromatic rings. The summed E-state index contributed by atoms with van der Waals surface area (Å²) in [6.45, 7) is 11.3. The van der Waals surface area contributed by atoms with Crippen LogP contribution in [0.25, 0.3) is 0 Å². The van der Waals surface area contributed by atoms with Crippen LogP contribution in [0.3, 0.4) is 0 Å². The molecule has 0 aliphatic heterocycles. The van der Waals surface area contributed by atoms with Gasteiger partial charge in [0.15, 0.2) is 0 Å². The number of allylic oxidation sites excluding steroid dienone is 1. The summed E-state index contributed by atoms with van der Waals surface area (Å²) in [7, 11) is 0. The van der Waals surface area contributed by atoms with Gasteiger partial charge in [-0.25, -0.2) is 9.59 Å². The van der Waals surface area contributed by atoms with Crippen LogP contribution in [-0.2, 0) is 33.3 Å². The van der Waals surface area contributed by atoms with Crippen molar-refractivity contribution < 1.29 is 33.3 Å². The highest BCUT2D eigenvalue weighted by molar-refractivity contribution is 5.87. The molecule has 7 nitrogen and oxygen atoms in total. The fourth-order valence-corrected chi connectivity index (χ4v) is 1.28. The van der Waals surface area contributed by atoms with E-state index in [-0.39, 0.29) is 19.2 Å². The minimum atomic E-state index is -0.418. The van der Waals surface area contributed by atoms with Gasteiger partial charge in [-0.05, 0) is 20.8 Å². The minimum absolute atomic E-state index is 0.195. The molecule has 0 aromatic carbocycles. The molecule has 0 rings (SSSR count). The summed E-state index contributed by atoms with van der Waals surface area (Å²) < 4.78 is 25.6. The Kier molecular flexibility index (Phi) is 13.8. The van der Waals surface area contributed by atoms with Crippen molar-refractivity contribution >= 4 is 11.9 Å². The summed E-state index contributed by atoms with van der Waals surface area (Å²) in [5.41, 5.74) is 0.942. The van der Waals surface area contributed by atoms with Gasteiger partial charge in [-0.3, -0.25) is 0 Å². The lowest BCUT2D eigenvalue weighted by Gasteiger charge is -2.08. The van der Waals surface area contributed by atoms with E-state index in [1.54, 1.807) is 26.8 Å².